The van der Waals surface area contributed by atoms with E-state index in [2.05, 4.69) is 4.98 Å². The van der Waals surface area contributed by atoms with Crippen molar-refractivity contribution in [3.63, 3.8) is 0 Å². The molecule has 1 heterocycles. The molecule has 0 fully saturated rings. The van der Waals surface area contributed by atoms with Crippen LogP contribution in [0.5, 0.6) is 0 Å². The van der Waals surface area contributed by atoms with Gasteiger partial charge in [0, 0.05) is 10.9 Å². The first-order valence-corrected chi connectivity index (χ1v) is 7.91. The number of thiazole rings is 1. The first-order valence-electron chi connectivity index (χ1n) is 6.65. The van der Waals surface area contributed by atoms with Gasteiger partial charge in [0.15, 0.2) is 0 Å². The molecule has 0 aliphatic heterocycles. The molecule has 3 rings (SSSR count). The fraction of sp³-hybridized carbons (Fsp3) is 0.0588. The topological polar surface area (TPSA) is 39.2 Å². The van der Waals surface area contributed by atoms with Gasteiger partial charge >= 0.3 is 5.97 Å². The quantitative estimate of drug-likeness (QED) is 0.644. The second-order valence-electron chi connectivity index (χ2n) is 4.57. The summed E-state index contributed by atoms with van der Waals surface area (Å²) < 4.78 is 5.26. The fourth-order valence-corrected chi connectivity index (χ4v) is 2.95. The van der Waals surface area contributed by atoms with Gasteiger partial charge in [-0.3, -0.25) is 0 Å². The summed E-state index contributed by atoms with van der Waals surface area (Å²) in [4.78, 5) is 16.5. The molecular weight excluding hydrogens is 318 g/mol. The molecule has 0 aliphatic rings. The maximum atomic E-state index is 12.0. The summed E-state index contributed by atoms with van der Waals surface area (Å²) in [6.07, 6.45) is 0. The molecular formula is C17H12ClNO2S. The third kappa shape index (κ3) is 3.35. The third-order valence-corrected chi connectivity index (χ3v) is 4.29. The Labute approximate surface area is 137 Å². The Morgan fingerprint density at radius 3 is 2.59 bits per heavy atom. The van der Waals surface area contributed by atoms with Crippen LogP contribution in [0.1, 0.15) is 16.1 Å². The second-order valence-corrected chi connectivity index (χ2v) is 5.83. The lowest BCUT2D eigenvalue weighted by Crippen LogP contribution is -2.06. The Morgan fingerprint density at radius 1 is 1.09 bits per heavy atom. The Hall–Kier alpha value is -2.17. The first kappa shape index (κ1) is 14.8. The molecule has 0 spiro atoms. The standard InChI is InChI=1S/C17H12ClNO2S/c18-15-9-5-4-8-14(15)17(20)21-10-13-11-22-16(19-13)12-6-2-1-3-7-12/h1-9,11H,10H2. The van der Waals surface area contributed by atoms with Crippen LogP contribution in [0.4, 0.5) is 0 Å². The fourth-order valence-electron chi connectivity index (χ4n) is 1.93. The van der Waals surface area contributed by atoms with Crippen LogP contribution >= 0.6 is 22.9 Å². The van der Waals surface area contributed by atoms with Crippen molar-refractivity contribution in [3.05, 3.63) is 76.3 Å². The second kappa shape index (κ2) is 6.73. The number of hydrogen-bond acceptors (Lipinski definition) is 4. The molecule has 0 atom stereocenters. The summed E-state index contributed by atoms with van der Waals surface area (Å²) >= 11 is 7.50. The third-order valence-electron chi connectivity index (χ3n) is 3.02. The van der Waals surface area contributed by atoms with Crippen LogP contribution in [0, 0.1) is 0 Å². The Bertz CT molecular complexity index is 786. The summed E-state index contributed by atoms with van der Waals surface area (Å²) in [5.41, 5.74) is 2.14. The smallest absolute Gasteiger partial charge is 0.340 e. The highest BCUT2D eigenvalue weighted by Crippen LogP contribution is 2.24. The van der Waals surface area contributed by atoms with Crippen molar-refractivity contribution in [1.82, 2.24) is 4.98 Å². The van der Waals surface area contributed by atoms with Crippen molar-refractivity contribution >= 4 is 28.9 Å². The molecule has 1 aromatic heterocycles. The summed E-state index contributed by atoms with van der Waals surface area (Å²) in [5, 5.41) is 3.18. The van der Waals surface area contributed by atoms with E-state index in [9.17, 15) is 4.79 Å². The number of rotatable bonds is 4. The van der Waals surface area contributed by atoms with Crippen LogP contribution in [0.25, 0.3) is 10.6 Å². The zero-order valence-electron chi connectivity index (χ0n) is 11.5. The lowest BCUT2D eigenvalue weighted by Gasteiger charge is -2.04. The maximum absolute atomic E-state index is 12.0. The van der Waals surface area contributed by atoms with Crippen LogP contribution < -0.4 is 0 Å². The van der Waals surface area contributed by atoms with Crippen molar-refractivity contribution in [3.8, 4) is 10.6 Å². The normalized spacial score (nSPS) is 10.4. The molecule has 0 aliphatic carbocycles. The maximum Gasteiger partial charge on any atom is 0.340 e. The van der Waals surface area contributed by atoms with E-state index in [1.54, 1.807) is 24.3 Å². The molecule has 0 unspecified atom stereocenters. The largest absolute Gasteiger partial charge is 0.456 e. The van der Waals surface area contributed by atoms with Gasteiger partial charge < -0.3 is 4.74 Å². The van der Waals surface area contributed by atoms with Crippen LogP contribution in [-0.2, 0) is 11.3 Å². The average molecular weight is 330 g/mol. The molecule has 2 aromatic carbocycles. The minimum Gasteiger partial charge on any atom is -0.456 e. The minimum absolute atomic E-state index is 0.132. The molecule has 0 saturated heterocycles. The van der Waals surface area contributed by atoms with Gasteiger partial charge in [0.05, 0.1) is 16.3 Å². The number of ether oxygens (including phenoxy) is 1. The predicted molar refractivity (Wildman–Crippen MR) is 88.1 cm³/mol. The zero-order valence-corrected chi connectivity index (χ0v) is 13.1. The highest BCUT2D eigenvalue weighted by atomic mass is 35.5. The van der Waals surface area contributed by atoms with Crippen molar-refractivity contribution in [2.75, 3.05) is 0 Å². The van der Waals surface area contributed by atoms with Gasteiger partial charge in [-0.25, -0.2) is 9.78 Å². The monoisotopic (exact) mass is 329 g/mol. The number of esters is 1. The summed E-state index contributed by atoms with van der Waals surface area (Å²) in [5.74, 6) is -0.445. The molecule has 0 amide bonds. The lowest BCUT2D eigenvalue weighted by molar-refractivity contribution is 0.0468. The van der Waals surface area contributed by atoms with Gasteiger partial charge in [0.25, 0.3) is 0 Å². The number of carbonyl (C=O) groups excluding carboxylic acids is 1. The first-order chi connectivity index (χ1) is 10.7. The van der Waals surface area contributed by atoms with Crippen LogP contribution in [0.15, 0.2) is 60.0 Å². The number of nitrogens with zero attached hydrogens (tertiary/aromatic N) is 1. The highest BCUT2D eigenvalue weighted by Gasteiger charge is 2.12. The lowest BCUT2D eigenvalue weighted by atomic mass is 10.2. The number of benzene rings is 2. The summed E-state index contributed by atoms with van der Waals surface area (Å²) in [7, 11) is 0. The number of aromatic nitrogens is 1. The SMILES string of the molecule is O=C(OCc1csc(-c2ccccc2)n1)c1ccccc1Cl. The van der Waals surface area contributed by atoms with Crippen molar-refractivity contribution in [2.45, 2.75) is 6.61 Å². The summed E-state index contributed by atoms with van der Waals surface area (Å²) in [6, 6.07) is 16.7. The molecule has 0 N–H and O–H groups in total. The van der Waals surface area contributed by atoms with Crippen LogP contribution in [0.2, 0.25) is 5.02 Å². The van der Waals surface area contributed by atoms with Crippen molar-refractivity contribution in [1.29, 1.82) is 0 Å². The molecule has 0 bridgehead atoms. The Balaban J connectivity index is 1.67. The van der Waals surface area contributed by atoms with Gasteiger partial charge in [-0.1, -0.05) is 54.1 Å². The van der Waals surface area contributed by atoms with E-state index in [1.807, 2.05) is 35.7 Å². The van der Waals surface area contributed by atoms with E-state index in [-0.39, 0.29) is 6.61 Å². The Morgan fingerprint density at radius 2 is 1.82 bits per heavy atom. The molecule has 110 valence electrons. The molecule has 3 aromatic rings. The summed E-state index contributed by atoms with van der Waals surface area (Å²) in [6.45, 7) is 0.132. The van der Waals surface area contributed by atoms with Crippen molar-refractivity contribution in [2.24, 2.45) is 0 Å². The molecule has 5 heteroatoms. The molecule has 0 radical (unpaired) electrons. The molecule has 22 heavy (non-hydrogen) atoms. The van der Waals surface area contributed by atoms with Gasteiger partial charge in [0.1, 0.15) is 11.6 Å². The van der Waals surface area contributed by atoms with Crippen LogP contribution in [-0.4, -0.2) is 11.0 Å². The highest BCUT2D eigenvalue weighted by molar-refractivity contribution is 7.13. The van der Waals surface area contributed by atoms with Crippen molar-refractivity contribution < 1.29 is 9.53 Å². The van der Waals surface area contributed by atoms with Crippen LogP contribution in [0.3, 0.4) is 0 Å². The molecule has 3 nitrogen and oxygen atoms in total. The van der Waals surface area contributed by atoms with Gasteiger partial charge in [0.2, 0.25) is 0 Å². The molecule has 0 saturated carbocycles. The minimum atomic E-state index is -0.445. The average Bonchev–Trinajstić information content (AvgIpc) is 3.03. The number of hydrogen-bond donors (Lipinski definition) is 0. The number of halogens is 1. The number of carbonyl (C=O) groups is 1. The van der Waals surface area contributed by atoms with E-state index < -0.39 is 5.97 Å². The Kier molecular flexibility index (Phi) is 4.51. The van der Waals surface area contributed by atoms with E-state index in [4.69, 9.17) is 16.3 Å². The van der Waals surface area contributed by atoms with Gasteiger partial charge in [-0.2, -0.15) is 0 Å². The predicted octanol–water partition coefficient (Wildman–Crippen LogP) is 4.82. The van der Waals surface area contributed by atoms with E-state index in [0.29, 0.717) is 10.6 Å². The van der Waals surface area contributed by atoms with Gasteiger partial charge in [-0.05, 0) is 12.1 Å². The van der Waals surface area contributed by atoms with E-state index in [1.165, 1.54) is 11.3 Å². The zero-order chi connectivity index (χ0) is 15.4. The van der Waals surface area contributed by atoms with E-state index >= 15 is 0 Å². The van der Waals surface area contributed by atoms with E-state index in [0.717, 1.165) is 16.3 Å². The van der Waals surface area contributed by atoms with Gasteiger partial charge in [-0.15, -0.1) is 11.3 Å².